The first-order chi connectivity index (χ1) is 7.31. The Kier molecular flexibility index (Phi) is 4.10. The summed E-state index contributed by atoms with van der Waals surface area (Å²) < 4.78 is 21.9. The summed E-state index contributed by atoms with van der Waals surface area (Å²) >= 11 is 5.97. The Hall–Kier alpha value is -0.870. The second kappa shape index (κ2) is 4.97. The third-order valence-electron chi connectivity index (χ3n) is 2.19. The van der Waals surface area contributed by atoms with Gasteiger partial charge in [0, 0.05) is 18.2 Å². The summed E-state index contributed by atoms with van der Waals surface area (Å²) in [4.78, 5) is 11.7. The van der Waals surface area contributed by atoms with Gasteiger partial charge in [-0.15, -0.1) is 0 Å². The molecule has 0 amide bonds. The zero-order valence-electron chi connectivity index (χ0n) is 9.16. The minimum Gasteiger partial charge on any atom is -0.294 e. The maximum absolute atomic E-state index is 11.7. The Labute approximate surface area is 100 Å². The molecule has 0 aliphatic rings. The summed E-state index contributed by atoms with van der Waals surface area (Å²) in [5, 5.41) is 0.404. The molecule has 0 aliphatic heterocycles. The maximum Gasteiger partial charge on any atom is 0.165 e. The highest BCUT2D eigenvalue weighted by molar-refractivity contribution is 7.90. The van der Waals surface area contributed by atoms with Crippen LogP contribution in [0.1, 0.15) is 22.3 Å². The lowest BCUT2D eigenvalue weighted by Crippen LogP contribution is -2.10. The topological polar surface area (TPSA) is 51.2 Å². The molecule has 0 saturated carbocycles. The molecule has 88 valence electrons. The predicted octanol–water partition coefficient (Wildman–Crippen LogP) is 2.27. The number of Topliss-reactive ketones (excluding diaryl/α,β-unsaturated/α-hetero) is 1. The van der Waals surface area contributed by atoms with E-state index in [1.807, 2.05) is 0 Å². The van der Waals surface area contributed by atoms with Gasteiger partial charge in [0.2, 0.25) is 0 Å². The van der Waals surface area contributed by atoms with Gasteiger partial charge in [0.25, 0.3) is 0 Å². The number of hydrogen-bond donors (Lipinski definition) is 0. The van der Waals surface area contributed by atoms with Gasteiger partial charge in [-0.05, 0) is 18.6 Å². The summed E-state index contributed by atoms with van der Waals surface area (Å²) in [7, 11) is -3.11. The van der Waals surface area contributed by atoms with E-state index in [4.69, 9.17) is 11.6 Å². The fraction of sp³-hybridized carbons (Fsp3) is 0.364. The lowest BCUT2D eigenvalue weighted by Gasteiger charge is -2.05. The lowest BCUT2D eigenvalue weighted by atomic mass is 10.1. The number of benzene rings is 1. The van der Waals surface area contributed by atoms with Crippen molar-refractivity contribution in [3.8, 4) is 0 Å². The van der Waals surface area contributed by atoms with E-state index in [2.05, 4.69) is 0 Å². The summed E-state index contributed by atoms with van der Waals surface area (Å²) in [6.07, 6.45) is 1.08. The van der Waals surface area contributed by atoms with Gasteiger partial charge in [-0.25, -0.2) is 8.42 Å². The van der Waals surface area contributed by atoms with Crippen molar-refractivity contribution in [1.29, 1.82) is 0 Å². The van der Waals surface area contributed by atoms with Gasteiger partial charge in [0.1, 0.15) is 9.84 Å². The van der Waals surface area contributed by atoms with Crippen molar-refractivity contribution in [1.82, 2.24) is 0 Å². The fourth-order valence-corrected chi connectivity index (χ4v) is 2.06. The van der Waals surface area contributed by atoms with Crippen LogP contribution in [-0.2, 0) is 9.84 Å². The highest BCUT2D eigenvalue weighted by atomic mass is 35.5. The number of hydrogen-bond acceptors (Lipinski definition) is 3. The van der Waals surface area contributed by atoms with Gasteiger partial charge in [-0.1, -0.05) is 23.7 Å². The molecule has 0 bridgehead atoms. The van der Waals surface area contributed by atoms with Gasteiger partial charge >= 0.3 is 0 Å². The van der Waals surface area contributed by atoms with Crippen LogP contribution in [0.3, 0.4) is 0 Å². The Morgan fingerprint density at radius 3 is 2.56 bits per heavy atom. The average molecular weight is 261 g/mol. The van der Waals surface area contributed by atoms with Gasteiger partial charge in [-0.2, -0.15) is 0 Å². The van der Waals surface area contributed by atoms with Crippen molar-refractivity contribution in [3.05, 3.63) is 34.3 Å². The Morgan fingerprint density at radius 1 is 1.38 bits per heavy atom. The molecule has 0 spiro atoms. The first-order valence-corrected chi connectivity index (χ1v) is 7.21. The highest BCUT2D eigenvalue weighted by Gasteiger charge is 2.13. The molecule has 0 fully saturated rings. The molecule has 0 atom stereocenters. The lowest BCUT2D eigenvalue weighted by molar-refractivity contribution is 0.0989. The molecule has 0 aliphatic carbocycles. The molecule has 0 unspecified atom stereocenters. The molecule has 5 heteroatoms. The zero-order valence-corrected chi connectivity index (χ0v) is 10.7. The molecular formula is C11H13ClO3S. The molecule has 0 radical (unpaired) electrons. The predicted molar refractivity (Wildman–Crippen MR) is 64.8 cm³/mol. The first-order valence-electron chi connectivity index (χ1n) is 4.77. The summed E-state index contributed by atoms with van der Waals surface area (Å²) in [5.74, 6) is -0.380. The molecule has 0 aromatic heterocycles. The van der Waals surface area contributed by atoms with Gasteiger partial charge < -0.3 is 0 Å². The zero-order chi connectivity index (χ0) is 12.3. The van der Waals surface area contributed by atoms with Crippen molar-refractivity contribution >= 4 is 27.2 Å². The minimum absolute atomic E-state index is 0.0258. The second-order valence-electron chi connectivity index (χ2n) is 3.74. The van der Waals surface area contributed by atoms with E-state index in [1.165, 1.54) is 0 Å². The summed E-state index contributed by atoms with van der Waals surface area (Å²) in [5.41, 5.74) is 1.21. The largest absolute Gasteiger partial charge is 0.294 e. The van der Waals surface area contributed by atoms with Crippen LogP contribution in [0.25, 0.3) is 0 Å². The van der Waals surface area contributed by atoms with E-state index in [0.29, 0.717) is 10.6 Å². The van der Waals surface area contributed by atoms with E-state index in [0.717, 1.165) is 11.8 Å². The Bertz CT molecular complexity index is 506. The van der Waals surface area contributed by atoms with Crippen molar-refractivity contribution in [2.45, 2.75) is 13.3 Å². The summed E-state index contributed by atoms with van der Waals surface area (Å²) in [6.45, 7) is 1.80. The van der Waals surface area contributed by atoms with Crippen LogP contribution in [0.2, 0.25) is 5.02 Å². The Morgan fingerprint density at radius 2 is 2.00 bits per heavy atom. The smallest absolute Gasteiger partial charge is 0.165 e. The van der Waals surface area contributed by atoms with Crippen LogP contribution < -0.4 is 0 Å². The van der Waals surface area contributed by atoms with Crippen molar-refractivity contribution in [2.75, 3.05) is 12.0 Å². The molecule has 0 heterocycles. The Balaban J connectivity index is 2.86. The van der Waals surface area contributed by atoms with Crippen molar-refractivity contribution < 1.29 is 13.2 Å². The molecule has 1 rings (SSSR count). The highest BCUT2D eigenvalue weighted by Crippen LogP contribution is 2.21. The monoisotopic (exact) mass is 260 g/mol. The van der Waals surface area contributed by atoms with E-state index < -0.39 is 9.84 Å². The number of carbonyl (C=O) groups excluding carboxylic acids is 1. The van der Waals surface area contributed by atoms with Crippen LogP contribution in [0.5, 0.6) is 0 Å². The quantitative estimate of drug-likeness (QED) is 0.781. The van der Waals surface area contributed by atoms with Gasteiger partial charge in [0.05, 0.1) is 10.8 Å². The van der Waals surface area contributed by atoms with Crippen LogP contribution >= 0.6 is 11.6 Å². The van der Waals surface area contributed by atoms with E-state index in [-0.39, 0.29) is 18.0 Å². The van der Waals surface area contributed by atoms with Crippen LogP contribution in [0.15, 0.2) is 18.2 Å². The number of aryl methyl sites for hydroxylation is 1. The van der Waals surface area contributed by atoms with Crippen molar-refractivity contribution in [3.63, 3.8) is 0 Å². The third kappa shape index (κ3) is 3.61. The van der Waals surface area contributed by atoms with Gasteiger partial charge in [-0.3, -0.25) is 4.79 Å². The van der Waals surface area contributed by atoms with Crippen LogP contribution in [0, 0.1) is 6.92 Å². The van der Waals surface area contributed by atoms with E-state index in [1.54, 1.807) is 25.1 Å². The standard InChI is InChI=1S/C11H13ClO3S/c1-8-4-3-5-9(11(8)12)10(13)6-7-16(2,14)15/h3-5H,6-7H2,1-2H3. The fourth-order valence-electron chi connectivity index (χ4n) is 1.28. The number of rotatable bonds is 4. The third-order valence-corrected chi connectivity index (χ3v) is 3.64. The van der Waals surface area contributed by atoms with E-state index in [9.17, 15) is 13.2 Å². The van der Waals surface area contributed by atoms with Crippen LogP contribution in [-0.4, -0.2) is 26.2 Å². The summed E-state index contributed by atoms with van der Waals surface area (Å²) in [6, 6.07) is 5.14. The molecule has 3 nitrogen and oxygen atoms in total. The maximum atomic E-state index is 11.7. The molecular weight excluding hydrogens is 248 g/mol. The number of sulfone groups is 1. The normalized spacial score (nSPS) is 11.4. The first kappa shape index (κ1) is 13.2. The molecule has 0 N–H and O–H groups in total. The molecule has 1 aromatic rings. The number of carbonyl (C=O) groups is 1. The molecule has 16 heavy (non-hydrogen) atoms. The number of ketones is 1. The minimum atomic E-state index is -3.11. The molecule has 1 aromatic carbocycles. The second-order valence-corrected chi connectivity index (χ2v) is 6.38. The average Bonchev–Trinajstić information content (AvgIpc) is 2.17. The molecule has 0 saturated heterocycles. The van der Waals surface area contributed by atoms with E-state index >= 15 is 0 Å². The van der Waals surface area contributed by atoms with Crippen LogP contribution in [0.4, 0.5) is 0 Å². The van der Waals surface area contributed by atoms with Crippen molar-refractivity contribution in [2.24, 2.45) is 0 Å². The SMILES string of the molecule is Cc1cccc(C(=O)CCS(C)(=O)=O)c1Cl. The number of halogens is 1. The van der Waals surface area contributed by atoms with Gasteiger partial charge in [0.15, 0.2) is 5.78 Å².